The van der Waals surface area contributed by atoms with Crippen molar-refractivity contribution >= 4 is 21.9 Å². The lowest BCUT2D eigenvalue weighted by atomic mass is 9.97. The molecule has 1 aromatic rings. The van der Waals surface area contributed by atoms with Crippen LogP contribution in [0.3, 0.4) is 0 Å². The number of hydrogen-bond donors (Lipinski definition) is 1. The predicted molar refractivity (Wildman–Crippen MR) is 120 cm³/mol. The van der Waals surface area contributed by atoms with Crippen LogP contribution < -0.4 is 5.32 Å². The molecule has 0 spiro atoms. The van der Waals surface area contributed by atoms with E-state index < -0.39 is 16.0 Å². The minimum absolute atomic E-state index is 0.00851. The van der Waals surface area contributed by atoms with E-state index in [2.05, 4.69) is 19.2 Å². The van der Waals surface area contributed by atoms with E-state index in [-0.39, 0.29) is 35.4 Å². The number of sulfonamides is 1. The van der Waals surface area contributed by atoms with Crippen molar-refractivity contribution in [1.82, 2.24) is 9.62 Å². The molecule has 1 aliphatic heterocycles. The first-order valence-corrected chi connectivity index (χ1v) is 12.7. The van der Waals surface area contributed by atoms with Gasteiger partial charge in [-0.3, -0.25) is 4.79 Å². The fraction of sp³-hybridized carbons (Fsp3) is 0.652. The second-order valence-corrected chi connectivity index (χ2v) is 10.5. The van der Waals surface area contributed by atoms with Crippen LogP contribution in [-0.2, 0) is 19.6 Å². The number of piperidine rings is 1. The molecule has 1 aliphatic rings. The maximum Gasteiger partial charge on any atom is 0.339 e. The van der Waals surface area contributed by atoms with Crippen LogP contribution in [0.1, 0.15) is 69.2 Å². The number of nitrogens with zero attached hydrogens (tertiary/aromatic N) is 1. The second-order valence-electron chi connectivity index (χ2n) is 8.55. The summed E-state index contributed by atoms with van der Waals surface area (Å²) in [4.78, 5) is 24.4. The second kappa shape index (κ2) is 12.2. The molecule has 7 nitrogen and oxygen atoms in total. The number of nitrogens with one attached hydrogen (secondary N) is 1. The van der Waals surface area contributed by atoms with Gasteiger partial charge in [0.25, 0.3) is 0 Å². The van der Waals surface area contributed by atoms with Gasteiger partial charge in [-0.1, -0.05) is 51.7 Å². The van der Waals surface area contributed by atoms with Crippen molar-refractivity contribution in [1.29, 1.82) is 0 Å². The number of methoxy groups -OCH3 is 1. The summed E-state index contributed by atoms with van der Waals surface area (Å²) in [5.41, 5.74) is 0.0262. The van der Waals surface area contributed by atoms with E-state index in [9.17, 15) is 18.0 Å². The summed E-state index contributed by atoms with van der Waals surface area (Å²) < 4.78 is 32.2. The number of hydrogen-bond acceptors (Lipinski definition) is 5. The van der Waals surface area contributed by atoms with Crippen molar-refractivity contribution in [2.75, 3.05) is 26.7 Å². The minimum Gasteiger partial charge on any atom is -0.465 e. The highest BCUT2D eigenvalue weighted by molar-refractivity contribution is 7.89. The summed E-state index contributed by atoms with van der Waals surface area (Å²) in [5, 5.41) is 3.00. The first kappa shape index (κ1) is 25.3. The first-order chi connectivity index (χ1) is 14.8. The Morgan fingerprint density at radius 3 is 2.39 bits per heavy atom. The van der Waals surface area contributed by atoms with Gasteiger partial charge in [-0.15, -0.1) is 0 Å². The molecule has 1 N–H and O–H groups in total. The van der Waals surface area contributed by atoms with Gasteiger partial charge in [-0.2, -0.15) is 4.31 Å². The molecule has 2 rings (SSSR count). The van der Waals surface area contributed by atoms with Gasteiger partial charge in [0.05, 0.1) is 17.6 Å². The smallest absolute Gasteiger partial charge is 0.339 e. The molecule has 0 saturated carbocycles. The summed E-state index contributed by atoms with van der Waals surface area (Å²) >= 11 is 0. The molecule has 0 atom stereocenters. The third-order valence-corrected chi connectivity index (χ3v) is 7.70. The summed E-state index contributed by atoms with van der Waals surface area (Å²) in [6.07, 6.45) is 6.71. The van der Waals surface area contributed by atoms with E-state index in [1.165, 1.54) is 42.8 Å². The largest absolute Gasteiger partial charge is 0.465 e. The van der Waals surface area contributed by atoms with Crippen molar-refractivity contribution < 1.29 is 22.7 Å². The molecule has 1 amide bonds. The molecule has 1 heterocycles. The highest BCUT2D eigenvalue weighted by atomic mass is 32.2. The monoisotopic (exact) mass is 452 g/mol. The molecular formula is C23H36N2O5S. The van der Waals surface area contributed by atoms with Crippen LogP contribution in [0, 0.1) is 11.8 Å². The molecule has 31 heavy (non-hydrogen) atoms. The Labute approximate surface area is 186 Å². The summed E-state index contributed by atoms with van der Waals surface area (Å²) in [6, 6.07) is 6.05. The fourth-order valence-electron chi connectivity index (χ4n) is 3.85. The zero-order valence-electron chi connectivity index (χ0n) is 18.9. The number of rotatable bonds is 11. The molecule has 0 unspecified atom stereocenters. The van der Waals surface area contributed by atoms with E-state index in [4.69, 9.17) is 4.74 Å². The van der Waals surface area contributed by atoms with Crippen LogP contribution in [-0.4, -0.2) is 51.3 Å². The van der Waals surface area contributed by atoms with Crippen LogP contribution in [0.2, 0.25) is 0 Å². The Hall–Kier alpha value is -1.93. The Morgan fingerprint density at radius 2 is 1.74 bits per heavy atom. The minimum atomic E-state index is -3.83. The molecule has 174 valence electrons. The Morgan fingerprint density at radius 1 is 1.10 bits per heavy atom. The maximum atomic E-state index is 13.1. The highest BCUT2D eigenvalue weighted by Crippen LogP contribution is 2.26. The quantitative estimate of drug-likeness (QED) is 0.409. The lowest BCUT2D eigenvalue weighted by Crippen LogP contribution is -2.43. The molecule has 0 aliphatic carbocycles. The number of ether oxygens (including phenoxy) is 1. The molecule has 0 aromatic heterocycles. The van der Waals surface area contributed by atoms with E-state index in [1.54, 1.807) is 12.1 Å². The molecular weight excluding hydrogens is 416 g/mol. The predicted octanol–water partition coefficient (Wildman–Crippen LogP) is 3.60. The normalized spacial score (nSPS) is 15.7. The van der Waals surface area contributed by atoms with Crippen LogP contribution in [0.4, 0.5) is 0 Å². The molecule has 0 bridgehead atoms. The molecule has 1 fully saturated rings. The number of carbonyl (C=O) groups is 2. The van der Waals surface area contributed by atoms with Gasteiger partial charge in [-0.25, -0.2) is 13.2 Å². The van der Waals surface area contributed by atoms with E-state index in [1.807, 2.05) is 0 Å². The Bertz CT molecular complexity index is 830. The highest BCUT2D eigenvalue weighted by Gasteiger charge is 2.34. The third kappa shape index (κ3) is 7.31. The third-order valence-electron chi connectivity index (χ3n) is 5.74. The number of benzene rings is 1. The SMILES string of the molecule is COC(=O)c1ccccc1S(=O)(=O)N1CCC(C(=O)NCCCCCCC(C)C)CC1. The zero-order valence-corrected chi connectivity index (χ0v) is 19.7. The van der Waals surface area contributed by atoms with Crippen molar-refractivity contribution in [2.45, 2.75) is 63.7 Å². The van der Waals surface area contributed by atoms with Crippen LogP contribution in [0.15, 0.2) is 29.2 Å². The molecule has 1 aromatic carbocycles. The van der Waals surface area contributed by atoms with E-state index >= 15 is 0 Å². The van der Waals surface area contributed by atoms with E-state index in [0.717, 1.165) is 18.8 Å². The average molecular weight is 453 g/mol. The van der Waals surface area contributed by atoms with Crippen molar-refractivity contribution in [3.63, 3.8) is 0 Å². The Kier molecular flexibility index (Phi) is 9.96. The number of carbonyl (C=O) groups excluding carboxylic acids is 2. The van der Waals surface area contributed by atoms with Crippen LogP contribution in [0.5, 0.6) is 0 Å². The number of esters is 1. The number of amides is 1. The molecule has 1 saturated heterocycles. The lowest BCUT2D eigenvalue weighted by molar-refractivity contribution is -0.126. The van der Waals surface area contributed by atoms with Gasteiger partial charge >= 0.3 is 5.97 Å². The van der Waals surface area contributed by atoms with Crippen LogP contribution >= 0.6 is 0 Å². The van der Waals surface area contributed by atoms with Gasteiger partial charge in [0, 0.05) is 25.6 Å². The van der Waals surface area contributed by atoms with E-state index in [0.29, 0.717) is 19.4 Å². The van der Waals surface area contributed by atoms with Gasteiger partial charge in [0.2, 0.25) is 15.9 Å². The topological polar surface area (TPSA) is 92.8 Å². The lowest BCUT2D eigenvalue weighted by Gasteiger charge is -2.31. The first-order valence-electron chi connectivity index (χ1n) is 11.2. The van der Waals surface area contributed by atoms with Gasteiger partial charge in [-0.05, 0) is 37.3 Å². The van der Waals surface area contributed by atoms with Crippen molar-refractivity contribution in [3.05, 3.63) is 29.8 Å². The van der Waals surface area contributed by atoms with Gasteiger partial charge < -0.3 is 10.1 Å². The average Bonchev–Trinajstić information content (AvgIpc) is 2.77. The van der Waals surface area contributed by atoms with Crippen molar-refractivity contribution in [2.24, 2.45) is 11.8 Å². The standard InChI is InChI=1S/C23H36N2O5S/c1-18(2)10-6-4-5-9-15-24-22(26)19-13-16-25(17-14-19)31(28,29)21-12-8-7-11-20(21)23(27)30-3/h7-8,11-12,18-19H,4-6,9-10,13-17H2,1-3H3,(H,24,26). The molecule has 0 radical (unpaired) electrons. The molecule has 8 heteroatoms. The van der Waals surface area contributed by atoms with Crippen LogP contribution in [0.25, 0.3) is 0 Å². The van der Waals surface area contributed by atoms with Crippen molar-refractivity contribution in [3.8, 4) is 0 Å². The van der Waals surface area contributed by atoms with Gasteiger partial charge in [0.15, 0.2) is 0 Å². The zero-order chi connectivity index (χ0) is 22.9. The fourth-order valence-corrected chi connectivity index (χ4v) is 5.50. The summed E-state index contributed by atoms with van der Waals surface area (Å²) in [5.74, 6) is -0.113. The maximum absolute atomic E-state index is 13.1. The van der Waals surface area contributed by atoms with Gasteiger partial charge in [0.1, 0.15) is 0 Å². The Balaban J connectivity index is 1.82. The summed E-state index contributed by atoms with van der Waals surface area (Å²) in [6.45, 7) is 5.64. The number of unbranched alkanes of at least 4 members (excludes halogenated alkanes) is 3. The summed E-state index contributed by atoms with van der Waals surface area (Å²) in [7, 11) is -2.61.